The van der Waals surface area contributed by atoms with Crippen LogP contribution in [0.4, 0.5) is 5.69 Å². The number of nitrogens with one attached hydrogen (secondary N) is 1. The van der Waals surface area contributed by atoms with Crippen LogP contribution in [0.1, 0.15) is 20.8 Å². The molecule has 1 aromatic rings. The van der Waals surface area contributed by atoms with E-state index in [-0.39, 0.29) is 5.54 Å². The third-order valence-corrected chi connectivity index (χ3v) is 3.82. The number of thiocarbonyl (C=S) groups is 1. The van der Waals surface area contributed by atoms with E-state index in [1.165, 1.54) is 0 Å². The standard InChI is InChI=1S/C13H14Cl2N2S/c1-8-7-13(2,3)16-12(18)17(8)10-6-4-5-9(14)11(10)15/h4-7H,1-3H3,(H,16,18). The number of nitrogens with zero attached hydrogens (tertiary/aromatic N) is 1. The second-order valence-electron chi connectivity index (χ2n) is 4.85. The van der Waals surface area contributed by atoms with Crippen molar-refractivity contribution in [3.05, 3.63) is 40.0 Å². The molecule has 96 valence electrons. The molecule has 2 rings (SSSR count). The van der Waals surface area contributed by atoms with Gasteiger partial charge in [-0.05, 0) is 51.2 Å². The lowest BCUT2D eigenvalue weighted by Crippen LogP contribution is -2.53. The highest BCUT2D eigenvalue weighted by Gasteiger charge is 2.28. The van der Waals surface area contributed by atoms with Gasteiger partial charge in [-0.15, -0.1) is 0 Å². The van der Waals surface area contributed by atoms with Gasteiger partial charge in [-0.25, -0.2) is 0 Å². The van der Waals surface area contributed by atoms with Crippen molar-refractivity contribution in [2.45, 2.75) is 26.3 Å². The van der Waals surface area contributed by atoms with Crippen LogP contribution in [0.15, 0.2) is 30.0 Å². The maximum atomic E-state index is 6.24. The van der Waals surface area contributed by atoms with Crippen LogP contribution in [-0.2, 0) is 0 Å². The summed E-state index contributed by atoms with van der Waals surface area (Å²) in [5.41, 5.74) is 1.68. The van der Waals surface area contributed by atoms with E-state index in [2.05, 4.69) is 25.2 Å². The molecule has 0 bridgehead atoms. The molecule has 1 heterocycles. The lowest BCUT2D eigenvalue weighted by molar-refractivity contribution is 0.560. The molecular weight excluding hydrogens is 287 g/mol. The summed E-state index contributed by atoms with van der Waals surface area (Å²) in [7, 11) is 0. The van der Waals surface area contributed by atoms with Crippen LogP contribution in [0.3, 0.4) is 0 Å². The Hall–Kier alpha value is -0.770. The minimum Gasteiger partial charge on any atom is -0.354 e. The molecule has 1 aliphatic rings. The van der Waals surface area contributed by atoms with Crippen molar-refractivity contribution in [2.75, 3.05) is 4.90 Å². The molecule has 0 fully saturated rings. The topological polar surface area (TPSA) is 15.3 Å². The molecular formula is C13H14Cl2N2S. The summed E-state index contributed by atoms with van der Waals surface area (Å²) >= 11 is 17.7. The molecule has 2 nitrogen and oxygen atoms in total. The van der Waals surface area contributed by atoms with Crippen LogP contribution in [0.2, 0.25) is 10.0 Å². The first kappa shape index (κ1) is 13.7. The highest BCUT2D eigenvalue weighted by Crippen LogP contribution is 2.35. The quantitative estimate of drug-likeness (QED) is 0.775. The summed E-state index contributed by atoms with van der Waals surface area (Å²) in [4.78, 5) is 1.90. The maximum Gasteiger partial charge on any atom is 0.178 e. The summed E-state index contributed by atoms with van der Waals surface area (Å²) in [6.07, 6.45) is 2.11. The van der Waals surface area contributed by atoms with Crippen molar-refractivity contribution < 1.29 is 0 Å². The summed E-state index contributed by atoms with van der Waals surface area (Å²) in [6.45, 7) is 6.14. The molecule has 0 saturated carbocycles. The number of rotatable bonds is 1. The Morgan fingerprint density at radius 3 is 2.56 bits per heavy atom. The Morgan fingerprint density at radius 2 is 1.94 bits per heavy atom. The van der Waals surface area contributed by atoms with Gasteiger partial charge in [0.05, 0.1) is 21.3 Å². The van der Waals surface area contributed by atoms with Gasteiger partial charge in [0.1, 0.15) is 0 Å². The molecule has 1 N–H and O–H groups in total. The normalized spacial score (nSPS) is 18.4. The van der Waals surface area contributed by atoms with E-state index in [1.807, 2.05) is 24.0 Å². The molecule has 1 aromatic carbocycles. The van der Waals surface area contributed by atoms with Crippen LogP contribution in [0, 0.1) is 0 Å². The van der Waals surface area contributed by atoms with E-state index in [4.69, 9.17) is 35.4 Å². The predicted octanol–water partition coefficient (Wildman–Crippen LogP) is 4.37. The molecule has 1 aliphatic heterocycles. The van der Waals surface area contributed by atoms with Crippen LogP contribution < -0.4 is 10.2 Å². The smallest absolute Gasteiger partial charge is 0.178 e. The summed E-state index contributed by atoms with van der Waals surface area (Å²) in [5.74, 6) is 0. The number of benzene rings is 1. The molecule has 0 spiro atoms. The summed E-state index contributed by atoms with van der Waals surface area (Å²) in [6, 6.07) is 5.52. The minimum atomic E-state index is -0.150. The monoisotopic (exact) mass is 300 g/mol. The first-order chi connectivity index (χ1) is 8.32. The molecule has 0 aliphatic carbocycles. The first-order valence-corrected chi connectivity index (χ1v) is 6.74. The summed E-state index contributed by atoms with van der Waals surface area (Å²) in [5, 5.41) is 4.92. The van der Waals surface area contributed by atoms with Crippen molar-refractivity contribution >= 4 is 46.2 Å². The third-order valence-electron chi connectivity index (χ3n) is 2.73. The molecule has 0 unspecified atom stereocenters. The van der Waals surface area contributed by atoms with E-state index >= 15 is 0 Å². The van der Waals surface area contributed by atoms with Crippen LogP contribution >= 0.6 is 35.4 Å². The average molecular weight is 301 g/mol. The fourth-order valence-corrected chi connectivity index (χ4v) is 2.96. The second kappa shape index (κ2) is 4.72. The van der Waals surface area contributed by atoms with Crippen LogP contribution in [0.25, 0.3) is 0 Å². The van der Waals surface area contributed by atoms with Gasteiger partial charge in [0, 0.05) is 5.70 Å². The van der Waals surface area contributed by atoms with Gasteiger partial charge in [0.2, 0.25) is 0 Å². The van der Waals surface area contributed by atoms with Gasteiger partial charge in [-0.1, -0.05) is 29.3 Å². The number of halogens is 2. The molecule has 0 atom stereocenters. The van der Waals surface area contributed by atoms with Crippen molar-refractivity contribution in [1.29, 1.82) is 0 Å². The first-order valence-electron chi connectivity index (χ1n) is 5.57. The summed E-state index contributed by atoms with van der Waals surface area (Å²) < 4.78 is 0. The zero-order valence-electron chi connectivity index (χ0n) is 10.4. The van der Waals surface area contributed by atoms with Gasteiger partial charge >= 0.3 is 0 Å². The Kier molecular flexibility index (Phi) is 3.58. The minimum absolute atomic E-state index is 0.150. The zero-order valence-corrected chi connectivity index (χ0v) is 12.7. The zero-order chi connectivity index (χ0) is 13.5. The third kappa shape index (κ3) is 2.48. The van der Waals surface area contributed by atoms with Crippen LogP contribution in [-0.4, -0.2) is 10.7 Å². The van der Waals surface area contributed by atoms with Gasteiger partial charge in [0.25, 0.3) is 0 Å². The maximum absolute atomic E-state index is 6.24. The SMILES string of the molecule is CC1=CC(C)(C)NC(=S)N1c1cccc(Cl)c1Cl. The Balaban J connectivity index is 2.51. The van der Waals surface area contributed by atoms with Gasteiger partial charge in [0.15, 0.2) is 5.11 Å². The van der Waals surface area contributed by atoms with Crippen molar-refractivity contribution in [3.8, 4) is 0 Å². The highest BCUT2D eigenvalue weighted by molar-refractivity contribution is 7.80. The molecule has 0 saturated heterocycles. The second-order valence-corrected chi connectivity index (χ2v) is 6.02. The van der Waals surface area contributed by atoms with Crippen LogP contribution in [0.5, 0.6) is 0 Å². The lowest BCUT2D eigenvalue weighted by Gasteiger charge is -2.38. The van der Waals surface area contributed by atoms with Crippen molar-refractivity contribution in [3.63, 3.8) is 0 Å². The molecule has 5 heteroatoms. The van der Waals surface area contributed by atoms with E-state index in [0.29, 0.717) is 15.2 Å². The molecule has 18 heavy (non-hydrogen) atoms. The van der Waals surface area contributed by atoms with Crippen molar-refractivity contribution in [1.82, 2.24) is 5.32 Å². The van der Waals surface area contributed by atoms with Crippen molar-refractivity contribution in [2.24, 2.45) is 0 Å². The predicted molar refractivity (Wildman–Crippen MR) is 82.5 cm³/mol. The number of anilines is 1. The van der Waals surface area contributed by atoms with E-state index in [0.717, 1.165) is 11.4 Å². The van der Waals surface area contributed by atoms with Gasteiger partial charge in [-0.2, -0.15) is 0 Å². The fraction of sp³-hybridized carbons (Fsp3) is 0.308. The van der Waals surface area contributed by atoms with Gasteiger partial charge in [-0.3, -0.25) is 4.90 Å². The molecule has 0 aromatic heterocycles. The average Bonchev–Trinajstić information content (AvgIpc) is 2.21. The lowest BCUT2D eigenvalue weighted by atomic mass is 10.0. The van der Waals surface area contributed by atoms with Gasteiger partial charge < -0.3 is 5.32 Å². The Labute approximate surface area is 123 Å². The number of allylic oxidation sites excluding steroid dienone is 1. The molecule has 0 amide bonds. The highest BCUT2D eigenvalue weighted by atomic mass is 35.5. The number of hydrogen-bond donors (Lipinski definition) is 1. The van der Waals surface area contributed by atoms with E-state index < -0.39 is 0 Å². The Morgan fingerprint density at radius 1 is 1.28 bits per heavy atom. The van der Waals surface area contributed by atoms with E-state index in [9.17, 15) is 0 Å². The fourth-order valence-electron chi connectivity index (χ4n) is 2.08. The molecule has 0 radical (unpaired) electrons. The largest absolute Gasteiger partial charge is 0.354 e. The Bertz CT molecular complexity index is 538. The van der Waals surface area contributed by atoms with E-state index in [1.54, 1.807) is 6.07 Å². The number of hydrogen-bond acceptors (Lipinski definition) is 1.